The van der Waals surface area contributed by atoms with Crippen LogP contribution in [0.1, 0.15) is 239 Å². The first-order valence-electron chi connectivity index (χ1n) is 31.1. The summed E-state index contributed by atoms with van der Waals surface area (Å²) in [5.74, 6) is -1.57. The molecule has 0 aromatic carbocycles. The quantitative estimate of drug-likeness (QED) is 0.0197. The Morgan fingerprint density at radius 2 is 0.662 bits per heavy atom. The molecule has 0 fully saturated rings. The molecule has 80 heavy (non-hydrogen) atoms. The number of phosphoric ester groups is 1. The number of rotatable bonds is 56. The summed E-state index contributed by atoms with van der Waals surface area (Å²) >= 11 is 0. The fourth-order valence-electron chi connectivity index (χ4n) is 7.88. The summed E-state index contributed by atoms with van der Waals surface area (Å²) in [6, 6.07) is 0. The van der Waals surface area contributed by atoms with Gasteiger partial charge in [-0.25, -0.2) is 4.57 Å². The van der Waals surface area contributed by atoms with E-state index >= 15 is 0 Å². The van der Waals surface area contributed by atoms with E-state index in [1.807, 2.05) is 12.2 Å². The van der Waals surface area contributed by atoms with Crippen molar-refractivity contribution in [2.24, 2.45) is 0 Å². The summed E-state index contributed by atoms with van der Waals surface area (Å²) in [6.07, 6.45) is 76.9. The van der Waals surface area contributed by atoms with Gasteiger partial charge in [-0.2, -0.15) is 0 Å². The molecule has 0 spiro atoms. The molecule has 0 amide bonds. The number of allylic oxidation sites excluding steroid dienone is 22. The lowest BCUT2D eigenvalue weighted by atomic mass is 10.1. The van der Waals surface area contributed by atoms with Crippen molar-refractivity contribution in [3.8, 4) is 0 Å². The van der Waals surface area contributed by atoms with Crippen LogP contribution in [0.25, 0.3) is 0 Å². The number of carbonyl (C=O) groups is 3. The summed E-state index contributed by atoms with van der Waals surface area (Å²) in [6.45, 7) is 4.30. The highest BCUT2D eigenvalue weighted by atomic mass is 31.2. The average molecular weight is 1140 g/mol. The zero-order valence-electron chi connectivity index (χ0n) is 50.2. The summed E-state index contributed by atoms with van der Waals surface area (Å²) in [5, 5.41) is 9.84. The highest BCUT2D eigenvalue weighted by molar-refractivity contribution is 7.47. The van der Waals surface area contributed by atoms with E-state index in [1.165, 1.54) is 51.4 Å². The second-order valence-electron chi connectivity index (χ2n) is 20.1. The maximum Gasteiger partial charge on any atom is 0.472 e. The van der Waals surface area contributed by atoms with Crippen molar-refractivity contribution in [1.82, 2.24) is 0 Å². The number of aliphatic hydroxyl groups excluding tert-OH is 1. The number of hydrogen-bond donors (Lipinski definition) is 2. The average Bonchev–Trinajstić information content (AvgIpc) is 3.45. The largest absolute Gasteiger partial charge is 0.472 e. The van der Waals surface area contributed by atoms with Crippen LogP contribution in [0.4, 0.5) is 0 Å². The lowest BCUT2D eigenvalue weighted by Gasteiger charge is -2.21. The van der Waals surface area contributed by atoms with Crippen LogP contribution in [0.2, 0.25) is 0 Å². The molecular formula is C68H111O11P. The SMILES string of the molecule is CC/C=C\C/C=C\C/C=C\C/C=C\C/C=C\CCCC(=O)OC(CO)COP(=O)(O)OCC(COC(=O)CCCCCC/C=C\C/C=C\C/C=C\C/C=C\CC)OC(=O)CCCCCCCCCCC/C=C\C/C=C\CCCCC. The topological polar surface area (TPSA) is 155 Å². The number of phosphoric acid groups is 1. The molecule has 0 heterocycles. The van der Waals surface area contributed by atoms with Crippen LogP contribution in [0.3, 0.4) is 0 Å². The molecule has 0 saturated heterocycles. The van der Waals surface area contributed by atoms with Crippen LogP contribution < -0.4 is 0 Å². The zero-order valence-corrected chi connectivity index (χ0v) is 51.1. The molecule has 0 aliphatic rings. The van der Waals surface area contributed by atoms with Gasteiger partial charge in [0.15, 0.2) is 6.10 Å². The van der Waals surface area contributed by atoms with Gasteiger partial charge in [0.05, 0.1) is 19.8 Å². The van der Waals surface area contributed by atoms with Crippen LogP contribution >= 0.6 is 7.82 Å². The monoisotopic (exact) mass is 1130 g/mol. The normalized spacial score (nSPS) is 14.2. The molecule has 2 N–H and O–H groups in total. The Balaban J connectivity index is 4.83. The highest BCUT2D eigenvalue weighted by Gasteiger charge is 2.28. The Morgan fingerprint density at radius 3 is 1.05 bits per heavy atom. The minimum absolute atomic E-state index is 0.0903. The fourth-order valence-corrected chi connectivity index (χ4v) is 8.67. The number of unbranched alkanes of at least 4 members (excludes halogenated alkanes) is 17. The molecule has 0 rings (SSSR count). The predicted octanol–water partition coefficient (Wildman–Crippen LogP) is 18.9. The van der Waals surface area contributed by atoms with Crippen molar-refractivity contribution in [2.75, 3.05) is 26.4 Å². The highest BCUT2D eigenvalue weighted by Crippen LogP contribution is 2.43. The second-order valence-corrected chi connectivity index (χ2v) is 21.6. The molecule has 454 valence electrons. The summed E-state index contributed by atoms with van der Waals surface area (Å²) in [5.41, 5.74) is 0. The maximum atomic E-state index is 13.0. The van der Waals surface area contributed by atoms with E-state index in [0.717, 1.165) is 122 Å². The lowest BCUT2D eigenvalue weighted by molar-refractivity contribution is -0.161. The lowest BCUT2D eigenvalue weighted by Crippen LogP contribution is -2.30. The molecule has 0 radical (unpaired) electrons. The third-order valence-electron chi connectivity index (χ3n) is 12.5. The smallest absolute Gasteiger partial charge is 0.462 e. The standard InChI is InChI=1S/C68H111O11P/c1-4-7-10-13-16-19-22-25-28-31-32-35-38-41-44-47-50-53-56-59-68(72)79-65(61-75-66(70)57-54-51-48-45-42-39-36-33-29-26-23-20-17-14-11-8-5-2)63-77-80(73,74)76-62-64(60-69)78-67(71)58-55-52-49-46-43-40-37-34-30-27-24-21-18-15-12-9-6-3/h8-9,11-12,16-21,25-30,36-37,39-40,46,49,64-65,69H,4-7,10,13-15,22-24,31-35,38,41-45,47-48,50-63H2,1-3H3,(H,73,74)/b11-8-,12-9-,19-16-,20-17-,21-18-,28-25-,29-26-,30-27-,39-36-,40-37-,49-46-. The van der Waals surface area contributed by atoms with Crippen molar-refractivity contribution in [2.45, 2.75) is 251 Å². The van der Waals surface area contributed by atoms with Gasteiger partial charge in [-0.3, -0.25) is 23.4 Å². The first-order chi connectivity index (χ1) is 39.2. The Morgan fingerprint density at radius 1 is 0.362 bits per heavy atom. The van der Waals surface area contributed by atoms with Crippen LogP contribution in [0.5, 0.6) is 0 Å². The summed E-state index contributed by atoms with van der Waals surface area (Å²) < 4.78 is 39.6. The molecule has 3 atom stereocenters. The van der Waals surface area contributed by atoms with E-state index in [0.29, 0.717) is 25.7 Å². The Bertz CT molecular complexity index is 1850. The van der Waals surface area contributed by atoms with Crippen LogP contribution in [0.15, 0.2) is 134 Å². The van der Waals surface area contributed by atoms with Gasteiger partial charge in [0.1, 0.15) is 12.7 Å². The third-order valence-corrected chi connectivity index (χ3v) is 13.5. The second kappa shape index (κ2) is 60.7. The summed E-state index contributed by atoms with van der Waals surface area (Å²) in [7, 11) is -4.78. The van der Waals surface area contributed by atoms with Crippen LogP contribution in [0, 0.1) is 0 Å². The molecule has 0 bridgehead atoms. The Hall–Kier alpha value is -4.38. The number of aliphatic hydroxyl groups is 1. The molecule has 0 aromatic rings. The van der Waals surface area contributed by atoms with Crippen LogP contribution in [-0.4, -0.2) is 66.5 Å². The Kier molecular flexibility index (Phi) is 57.4. The molecule has 3 unspecified atom stereocenters. The van der Waals surface area contributed by atoms with E-state index in [9.17, 15) is 28.9 Å². The van der Waals surface area contributed by atoms with Gasteiger partial charge < -0.3 is 24.2 Å². The van der Waals surface area contributed by atoms with E-state index in [2.05, 4.69) is 142 Å². The van der Waals surface area contributed by atoms with Crippen molar-refractivity contribution >= 4 is 25.7 Å². The van der Waals surface area contributed by atoms with Crippen LogP contribution in [-0.2, 0) is 42.2 Å². The van der Waals surface area contributed by atoms with E-state index < -0.39 is 57.8 Å². The Labute approximate surface area is 487 Å². The van der Waals surface area contributed by atoms with Gasteiger partial charge in [-0.1, -0.05) is 225 Å². The van der Waals surface area contributed by atoms with Crippen molar-refractivity contribution in [3.05, 3.63) is 134 Å². The fraction of sp³-hybridized carbons (Fsp3) is 0.632. The minimum Gasteiger partial charge on any atom is -0.462 e. The van der Waals surface area contributed by atoms with Crippen molar-refractivity contribution in [1.29, 1.82) is 0 Å². The third kappa shape index (κ3) is 58.3. The summed E-state index contributed by atoms with van der Waals surface area (Å²) in [4.78, 5) is 48.7. The first-order valence-corrected chi connectivity index (χ1v) is 32.6. The zero-order chi connectivity index (χ0) is 58.3. The van der Waals surface area contributed by atoms with Gasteiger partial charge in [0, 0.05) is 19.3 Å². The molecular weight excluding hydrogens is 1020 g/mol. The van der Waals surface area contributed by atoms with E-state index in [-0.39, 0.29) is 25.9 Å². The minimum atomic E-state index is -4.78. The van der Waals surface area contributed by atoms with Gasteiger partial charge in [-0.05, 0) is 128 Å². The molecule has 12 heteroatoms. The van der Waals surface area contributed by atoms with Gasteiger partial charge in [-0.15, -0.1) is 0 Å². The molecule has 0 aliphatic carbocycles. The van der Waals surface area contributed by atoms with Gasteiger partial charge in [0.2, 0.25) is 0 Å². The molecule has 0 aromatic heterocycles. The number of carbonyl (C=O) groups excluding carboxylic acids is 3. The van der Waals surface area contributed by atoms with Gasteiger partial charge >= 0.3 is 25.7 Å². The van der Waals surface area contributed by atoms with Gasteiger partial charge in [0.25, 0.3) is 0 Å². The first kappa shape index (κ1) is 75.6. The molecule has 11 nitrogen and oxygen atoms in total. The molecule has 0 aliphatic heterocycles. The number of esters is 3. The van der Waals surface area contributed by atoms with E-state index in [1.54, 1.807) is 0 Å². The van der Waals surface area contributed by atoms with Crippen molar-refractivity contribution in [3.63, 3.8) is 0 Å². The number of ether oxygens (including phenoxy) is 3. The maximum absolute atomic E-state index is 13.0. The molecule has 0 saturated carbocycles. The van der Waals surface area contributed by atoms with Crippen molar-refractivity contribution < 1.29 is 52.2 Å². The van der Waals surface area contributed by atoms with E-state index in [4.69, 9.17) is 23.3 Å². The number of hydrogen-bond acceptors (Lipinski definition) is 10. The predicted molar refractivity (Wildman–Crippen MR) is 334 cm³/mol.